The van der Waals surface area contributed by atoms with Crippen molar-refractivity contribution in [3.63, 3.8) is 0 Å². The minimum absolute atomic E-state index is 0.195. The van der Waals surface area contributed by atoms with Crippen molar-refractivity contribution < 1.29 is 14.3 Å². The highest BCUT2D eigenvalue weighted by atomic mass is 35.5. The Morgan fingerprint density at radius 1 is 1.22 bits per heavy atom. The first-order chi connectivity index (χ1) is 12.8. The maximum Gasteiger partial charge on any atom is 0.270 e. The van der Waals surface area contributed by atoms with Gasteiger partial charge in [0.2, 0.25) is 0 Å². The Morgan fingerprint density at radius 3 is 2.56 bits per heavy atom. The molecular formula is C18H12Cl2N2O3S2. The summed E-state index contributed by atoms with van der Waals surface area (Å²) in [5.74, 6) is -0.307. The molecule has 2 aromatic rings. The Labute approximate surface area is 175 Å². The summed E-state index contributed by atoms with van der Waals surface area (Å²) in [5.41, 5.74) is 6.31. The lowest BCUT2D eigenvalue weighted by molar-refractivity contribution is -0.120. The van der Waals surface area contributed by atoms with E-state index in [1.165, 1.54) is 16.7 Å². The molecule has 0 atom stereocenters. The molecule has 1 aliphatic heterocycles. The van der Waals surface area contributed by atoms with Gasteiger partial charge in [-0.2, -0.15) is 0 Å². The van der Waals surface area contributed by atoms with Gasteiger partial charge in [-0.25, -0.2) is 0 Å². The summed E-state index contributed by atoms with van der Waals surface area (Å²) in [5, 5.41) is 0.819. The Balaban J connectivity index is 1.81. The summed E-state index contributed by atoms with van der Waals surface area (Å²) < 4.78 is 5.59. The molecule has 5 nitrogen and oxygen atoms in total. The third-order valence-electron chi connectivity index (χ3n) is 3.50. The van der Waals surface area contributed by atoms with Gasteiger partial charge in [-0.1, -0.05) is 59.3 Å². The number of ether oxygens (including phenoxy) is 1. The van der Waals surface area contributed by atoms with Crippen LogP contribution in [0.5, 0.6) is 5.75 Å². The molecule has 0 spiro atoms. The molecule has 0 saturated carbocycles. The summed E-state index contributed by atoms with van der Waals surface area (Å²) >= 11 is 18.6. The molecule has 1 saturated heterocycles. The van der Waals surface area contributed by atoms with E-state index in [-0.39, 0.29) is 12.5 Å². The molecule has 1 fully saturated rings. The van der Waals surface area contributed by atoms with Crippen LogP contribution in [-0.4, -0.2) is 22.7 Å². The van der Waals surface area contributed by atoms with Gasteiger partial charge in [0.15, 0.2) is 10.9 Å². The molecule has 2 aromatic carbocycles. The second-order valence-corrected chi connectivity index (χ2v) is 7.96. The van der Waals surface area contributed by atoms with Crippen LogP contribution in [-0.2, 0) is 9.59 Å². The van der Waals surface area contributed by atoms with Gasteiger partial charge in [0.25, 0.3) is 11.8 Å². The Bertz CT molecular complexity index is 962. The zero-order valence-corrected chi connectivity index (χ0v) is 16.8. The van der Waals surface area contributed by atoms with Crippen LogP contribution < -0.4 is 15.4 Å². The molecule has 2 amide bonds. The topological polar surface area (TPSA) is 72.6 Å². The number of nitrogens with zero attached hydrogens (tertiary/aromatic N) is 1. The van der Waals surface area contributed by atoms with E-state index in [9.17, 15) is 9.59 Å². The average molecular weight is 439 g/mol. The third kappa shape index (κ3) is 4.62. The Morgan fingerprint density at radius 2 is 1.93 bits per heavy atom. The molecule has 0 aromatic heterocycles. The number of carbonyl (C=O) groups is 2. The SMILES string of the molecule is NC(=O)COc1ccc(/C=C2/SC(=S)N(c3ccc(Cl)cc3Cl)C2=O)cc1. The van der Waals surface area contributed by atoms with E-state index < -0.39 is 5.91 Å². The maximum atomic E-state index is 12.8. The first kappa shape index (κ1) is 19.7. The molecular weight excluding hydrogens is 427 g/mol. The number of benzene rings is 2. The second-order valence-electron chi connectivity index (χ2n) is 5.44. The number of amides is 2. The number of halogens is 2. The molecule has 0 radical (unpaired) electrons. The fraction of sp³-hybridized carbons (Fsp3) is 0.0556. The zero-order valence-electron chi connectivity index (χ0n) is 13.6. The molecule has 1 aliphatic rings. The van der Waals surface area contributed by atoms with E-state index in [0.29, 0.717) is 30.7 Å². The smallest absolute Gasteiger partial charge is 0.270 e. The van der Waals surface area contributed by atoms with Crippen LogP contribution >= 0.6 is 47.2 Å². The molecule has 2 N–H and O–H groups in total. The number of thiocarbonyl (C=S) groups is 1. The predicted octanol–water partition coefficient (Wildman–Crippen LogP) is 4.26. The minimum atomic E-state index is -0.552. The van der Waals surface area contributed by atoms with Gasteiger partial charge in [-0.3, -0.25) is 14.5 Å². The highest BCUT2D eigenvalue weighted by molar-refractivity contribution is 8.27. The quantitative estimate of drug-likeness (QED) is 0.557. The third-order valence-corrected chi connectivity index (χ3v) is 5.34. The summed E-state index contributed by atoms with van der Waals surface area (Å²) in [7, 11) is 0. The molecule has 1 heterocycles. The fourth-order valence-corrected chi connectivity index (χ4v) is 4.08. The number of nitrogens with two attached hydrogens (primary N) is 1. The van der Waals surface area contributed by atoms with Crippen molar-refractivity contribution in [1.82, 2.24) is 0 Å². The predicted molar refractivity (Wildman–Crippen MR) is 113 cm³/mol. The first-order valence-corrected chi connectivity index (χ1v) is 9.57. The summed E-state index contributed by atoms with van der Waals surface area (Å²) in [6.07, 6.45) is 1.72. The van der Waals surface area contributed by atoms with E-state index >= 15 is 0 Å². The lowest BCUT2D eigenvalue weighted by Crippen LogP contribution is -2.27. The van der Waals surface area contributed by atoms with Crippen molar-refractivity contribution in [3.05, 3.63) is 63.0 Å². The highest BCUT2D eigenvalue weighted by Crippen LogP contribution is 2.39. The maximum absolute atomic E-state index is 12.8. The van der Waals surface area contributed by atoms with Crippen molar-refractivity contribution in [2.75, 3.05) is 11.5 Å². The average Bonchev–Trinajstić information content (AvgIpc) is 2.88. The number of thioether (sulfide) groups is 1. The molecule has 0 aliphatic carbocycles. The van der Waals surface area contributed by atoms with Crippen LogP contribution in [0, 0.1) is 0 Å². The second kappa shape index (κ2) is 8.31. The fourth-order valence-electron chi connectivity index (χ4n) is 2.30. The molecule has 27 heavy (non-hydrogen) atoms. The minimum Gasteiger partial charge on any atom is -0.484 e. The van der Waals surface area contributed by atoms with Gasteiger partial charge in [0.05, 0.1) is 15.6 Å². The van der Waals surface area contributed by atoms with Crippen LogP contribution in [0.4, 0.5) is 5.69 Å². The van der Waals surface area contributed by atoms with Crippen molar-refractivity contribution >= 4 is 75.1 Å². The summed E-state index contributed by atoms with van der Waals surface area (Å²) in [6, 6.07) is 11.8. The van der Waals surface area contributed by atoms with Gasteiger partial charge in [-0.05, 0) is 42.0 Å². The van der Waals surface area contributed by atoms with Crippen LogP contribution in [0.3, 0.4) is 0 Å². The molecule has 0 unspecified atom stereocenters. The highest BCUT2D eigenvalue weighted by Gasteiger charge is 2.34. The Hall–Kier alpha value is -2.06. The monoisotopic (exact) mass is 438 g/mol. The van der Waals surface area contributed by atoms with Crippen LogP contribution in [0.1, 0.15) is 5.56 Å². The van der Waals surface area contributed by atoms with Crippen LogP contribution in [0.15, 0.2) is 47.4 Å². The lowest BCUT2D eigenvalue weighted by atomic mass is 10.2. The van der Waals surface area contributed by atoms with E-state index in [0.717, 1.165) is 5.56 Å². The van der Waals surface area contributed by atoms with Gasteiger partial charge < -0.3 is 10.5 Å². The van der Waals surface area contributed by atoms with Gasteiger partial charge in [-0.15, -0.1) is 0 Å². The number of rotatable bonds is 5. The number of carbonyl (C=O) groups excluding carboxylic acids is 2. The Kier molecular flexibility index (Phi) is 6.06. The number of hydrogen-bond donors (Lipinski definition) is 1. The summed E-state index contributed by atoms with van der Waals surface area (Å²) in [6.45, 7) is -0.195. The van der Waals surface area contributed by atoms with E-state index in [1.54, 1.807) is 48.5 Å². The lowest BCUT2D eigenvalue weighted by Gasteiger charge is -2.16. The number of hydrogen-bond acceptors (Lipinski definition) is 5. The van der Waals surface area contributed by atoms with Gasteiger partial charge in [0.1, 0.15) is 5.75 Å². The largest absolute Gasteiger partial charge is 0.484 e. The van der Waals surface area contributed by atoms with Gasteiger partial charge >= 0.3 is 0 Å². The van der Waals surface area contributed by atoms with E-state index in [2.05, 4.69) is 0 Å². The van der Waals surface area contributed by atoms with E-state index in [1.807, 2.05) is 0 Å². The molecule has 3 rings (SSSR count). The molecule has 138 valence electrons. The number of anilines is 1. The number of primary amides is 1. The standard InChI is InChI=1S/C18H12Cl2N2O3S2/c19-11-3-6-14(13(20)8-11)22-17(24)15(27-18(22)26)7-10-1-4-12(5-2-10)25-9-16(21)23/h1-8H,9H2,(H2,21,23)/b15-7+. The van der Waals surface area contributed by atoms with Crippen molar-refractivity contribution in [2.45, 2.75) is 0 Å². The van der Waals surface area contributed by atoms with Crippen molar-refractivity contribution in [2.24, 2.45) is 5.73 Å². The van der Waals surface area contributed by atoms with Crippen LogP contribution in [0.2, 0.25) is 10.0 Å². The van der Waals surface area contributed by atoms with Crippen LogP contribution in [0.25, 0.3) is 6.08 Å². The zero-order chi connectivity index (χ0) is 19.6. The normalized spacial score (nSPS) is 15.5. The van der Waals surface area contributed by atoms with Crippen molar-refractivity contribution in [3.8, 4) is 5.75 Å². The first-order valence-electron chi connectivity index (χ1n) is 7.59. The van der Waals surface area contributed by atoms with E-state index in [4.69, 9.17) is 45.9 Å². The van der Waals surface area contributed by atoms with Gasteiger partial charge in [0, 0.05) is 5.02 Å². The molecule has 0 bridgehead atoms. The molecule has 9 heteroatoms. The van der Waals surface area contributed by atoms with Crippen molar-refractivity contribution in [1.29, 1.82) is 0 Å². The summed E-state index contributed by atoms with van der Waals surface area (Å²) in [4.78, 5) is 25.4.